The zero-order chi connectivity index (χ0) is 13.6. The summed E-state index contributed by atoms with van der Waals surface area (Å²) >= 11 is 0. The lowest BCUT2D eigenvalue weighted by Gasteiger charge is -2.15. The molecule has 0 amide bonds. The molecule has 0 saturated heterocycles. The average Bonchev–Trinajstić information content (AvgIpc) is 2.93. The summed E-state index contributed by atoms with van der Waals surface area (Å²) in [7, 11) is 0. The van der Waals surface area contributed by atoms with Crippen molar-refractivity contribution >= 4 is 5.78 Å². The summed E-state index contributed by atoms with van der Waals surface area (Å²) in [6.07, 6.45) is 1.54. The molecule has 0 spiro atoms. The maximum absolute atomic E-state index is 12.4. The van der Waals surface area contributed by atoms with Gasteiger partial charge < -0.3 is 9.15 Å². The normalized spacial score (nSPS) is 15.9. The zero-order valence-corrected chi connectivity index (χ0v) is 11.3. The molecule has 3 heteroatoms. The van der Waals surface area contributed by atoms with Crippen molar-refractivity contribution in [3.8, 4) is 5.75 Å². The molecule has 0 saturated carbocycles. The van der Waals surface area contributed by atoms with E-state index < -0.39 is 0 Å². The number of hydrogen-bond donors (Lipinski definition) is 0. The predicted octanol–water partition coefficient (Wildman–Crippen LogP) is 3.49. The molecule has 2 aromatic rings. The number of furan rings is 1. The van der Waals surface area contributed by atoms with Gasteiger partial charge in [-0.15, -0.1) is 0 Å². The minimum atomic E-state index is -0.0759. The first-order chi connectivity index (χ1) is 8.99. The van der Waals surface area contributed by atoms with Gasteiger partial charge in [-0.2, -0.15) is 0 Å². The summed E-state index contributed by atoms with van der Waals surface area (Å²) in [4.78, 5) is 12.4. The molecule has 1 aliphatic rings. The lowest BCUT2D eigenvalue weighted by molar-refractivity contribution is 0.101. The van der Waals surface area contributed by atoms with Crippen LogP contribution in [0.5, 0.6) is 5.75 Å². The van der Waals surface area contributed by atoms with Crippen LogP contribution in [0.1, 0.15) is 41.1 Å². The molecule has 1 aromatic carbocycles. The van der Waals surface area contributed by atoms with E-state index in [9.17, 15) is 4.79 Å². The van der Waals surface area contributed by atoms with Crippen LogP contribution in [0.3, 0.4) is 0 Å². The van der Waals surface area contributed by atoms with Crippen molar-refractivity contribution in [3.63, 3.8) is 0 Å². The van der Waals surface area contributed by atoms with Crippen LogP contribution < -0.4 is 4.74 Å². The van der Waals surface area contributed by atoms with Gasteiger partial charge in [0.15, 0.2) is 5.76 Å². The van der Waals surface area contributed by atoms with Gasteiger partial charge in [0, 0.05) is 16.5 Å². The van der Waals surface area contributed by atoms with E-state index in [1.165, 1.54) is 0 Å². The number of carbonyl (C=O) groups is 1. The smallest absolute Gasteiger partial charge is 0.228 e. The molecule has 0 unspecified atom stereocenters. The van der Waals surface area contributed by atoms with Gasteiger partial charge in [-0.1, -0.05) is 13.8 Å². The SMILES string of the molecule is Cc1ccoc1C(=O)c1ccc2c(c1)C(C)(C)CO2. The molecule has 0 N–H and O–H groups in total. The fraction of sp³-hybridized carbons (Fsp3) is 0.312. The summed E-state index contributed by atoms with van der Waals surface area (Å²) in [6.45, 7) is 6.76. The fourth-order valence-electron chi connectivity index (χ4n) is 2.40. The Morgan fingerprint density at radius 1 is 1.26 bits per heavy atom. The summed E-state index contributed by atoms with van der Waals surface area (Å²) < 4.78 is 10.9. The third-order valence-corrected chi connectivity index (χ3v) is 3.63. The molecular formula is C16H16O3. The monoisotopic (exact) mass is 256 g/mol. The van der Waals surface area contributed by atoms with Crippen molar-refractivity contribution in [3.05, 3.63) is 53.0 Å². The third-order valence-electron chi connectivity index (χ3n) is 3.63. The number of aryl methyl sites for hydroxylation is 1. The highest BCUT2D eigenvalue weighted by atomic mass is 16.5. The molecule has 3 rings (SSSR count). The van der Waals surface area contributed by atoms with Crippen LogP contribution in [0.15, 0.2) is 34.9 Å². The van der Waals surface area contributed by atoms with Gasteiger partial charge in [0.05, 0.1) is 12.9 Å². The quantitative estimate of drug-likeness (QED) is 0.772. The third kappa shape index (κ3) is 1.86. The Labute approximate surface area is 112 Å². The van der Waals surface area contributed by atoms with Gasteiger partial charge in [0.1, 0.15) is 5.75 Å². The second kappa shape index (κ2) is 3.98. The second-order valence-electron chi connectivity index (χ2n) is 5.65. The van der Waals surface area contributed by atoms with Crippen molar-refractivity contribution in [1.82, 2.24) is 0 Å². The first-order valence-electron chi connectivity index (χ1n) is 6.35. The number of ether oxygens (including phenoxy) is 1. The number of benzene rings is 1. The first-order valence-corrected chi connectivity index (χ1v) is 6.35. The molecule has 2 heterocycles. The topological polar surface area (TPSA) is 39.4 Å². The molecule has 0 bridgehead atoms. The van der Waals surface area contributed by atoms with E-state index in [4.69, 9.17) is 9.15 Å². The van der Waals surface area contributed by atoms with Crippen molar-refractivity contribution in [2.45, 2.75) is 26.2 Å². The van der Waals surface area contributed by atoms with Crippen molar-refractivity contribution in [2.75, 3.05) is 6.61 Å². The number of rotatable bonds is 2. The summed E-state index contributed by atoms with van der Waals surface area (Å²) in [5, 5.41) is 0. The molecule has 1 aromatic heterocycles. The Balaban J connectivity index is 2.04. The van der Waals surface area contributed by atoms with Crippen LogP contribution in [0.4, 0.5) is 0 Å². The number of carbonyl (C=O) groups excluding carboxylic acids is 1. The number of fused-ring (bicyclic) bond motifs is 1. The van der Waals surface area contributed by atoms with Crippen LogP contribution >= 0.6 is 0 Å². The average molecular weight is 256 g/mol. The van der Waals surface area contributed by atoms with Crippen LogP contribution in [-0.4, -0.2) is 12.4 Å². The largest absolute Gasteiger partial charge is 0.492 e. The second-order valence-corrected chi connectivity index (χ2v) is 5.65. The molecule has 19 heavy (non-hydrogen) atoms. The Bertz CT molecular complexity index is 650. The minimum absolute atomic E-state index is 0.0518. The molecule has 98 valence electrons. The van der Waals surface area contributed by atoms with Crippen molar-refractivity contribution < 1.29 is 13.9 Å². The van der Waals surface area contributed by atoms with Gasteiger partial charge in [0.25, 0.3) is 0 Å². The van der Waals surface area contributed by atoms with E-state index >= 15 is 0 Å². The molecule has 0 aliphatic carbocycles. The number of hydrogen-bond acceptors (Lipinski definition) is 3. The minimum Gasteiger partial charge on any atom is -0.492 e. The van der Waals surface area contributed by atoms with E-state index in [1.807, 2.05) is 19.1 Å². The highest BCUT2D eigenvalue weighted by Gasteiger charge is 2.32. The van der Waals surface area contributed by atoms with E-state index in [0.29, 0.717) is 17.9 Å². The Morgan fingerprint density at radius 3 is 2.74 bits per heavy atom. The fourth-order valence-corrected chi connectivity index (χ4v) is 2.40. The molecule has 1 aliphatic heterocycles. The Kier molecular flexibility index (Phi) is 2.52. The maximum atomic E-state index is 12.4. The van der Waals surface area contributed by atoms with Gasteiger partial charge in [-0.25, -0.2) is 0 Å². The summed E-state index contributed by atoms with van der Waals surface area (Å²) in [5.74, 6) is 1.21. The zero-order valence-electron chi connectivity index (χ0n) is 11.3. The van der Waals surface area contributed by atoms with Gasteiger partial charge in [-0.05, 0) is 36.8 Å². The van der Waals surface area contributed by atoms with Crippen LogP contribution in [-0.2, 0) is 5.41 Å². The first kappa shape index (κ1) is 12.0. The van der Waals surface area contributed by atoms with Gasteiger partial charge in [0.2, 0.25) is 5.78 Å². The van der Waals surface area contributed by atoms with Crippen LogP contribution in [0, 0.1) is 6.92 Å². The van der Waals surface area contributed by atoms with E-state index in [1.54, 1.807) is 18.4 Å². The van der Waals surface area contributed by atoms with Crippen molar-refractivity contribution in [1.29, 1.82) is 0 Å². The molecular weight excluding hydrogens is 240 g/mol. The van der Waals surface area contributed by atoms with Crippen LogP contribution in [0.25, 0.3) is 0 Å². The molecule has 0 atom stereocenters. The van der Waals surface area contributed by atoms with E-state index in [-0.39, 0.29) is 11.2 Å². The van der Waals surface area contributed by atoms with E-state index in [2.05, 4.69) is 13.8 Å². The van der Waals surface area contributed by atoms with Crippen molar-refractivity contribution in [2.24, 2.45) is 0 Å². The lowest BCUT2D eigenvalue weighted by Crippen LogP contribution is -2.18. The highest BCUT2D eigenvalue weighted by molar-refractivity contribution is 6.08. The summed E-state index contributed by atoms with van der Waals surface area (Å²) in [5.41, 5.74) is 2.54. The van der Waals surface area contributed by atoms with E-state index in [0.717, 1.165) is 16.9 Å². The molecule has 0 fully saturated rings. The number of ketones is 1. The molecule has 0 radical (unpaired) electrons. The van der Waals surface area contributed by atoms with Gasteiger partial charge in [-0.3, -0.25) is 4.79 Å². The molecule has 3 nitrogen and oxygen atoms in total. The van der Waals surface area contributed by atoms with Gasteiger partial charge >= 0.3 is 0 Å². The standard InChI is InChI=1S/C16H16O3/c1-10-6-7-18-15(10)14(17)11-4-5-13-12(8-11)16(2,3)9-19-13/h4-8H,9H2,1-3H3. The lowest BCUT2D eigenvalue weighted by atomic mass is 9.85. The highest BCUT2D eigenvalue weighted by Crippen LogP contribution is 2.39. The predicted molar refractivity (Wildman–Crippen MR) is 71.8 cm³/mol. The maximum Gasteiger partial charge on any atom is 0.228 e. The Hall–Kier alpha value is -2.03. The Morgan fingerprint density at radius 2 is 2.05 bits per heavy atom. The van der Waals surface area contributed by atoms with Crippen LogP contribution in [0.2, 0.25) is 0 Å². The summed E-state index contributed by atoms with van der Waals surface area (Å²) in [6, 6.07) is 7.39.